The van der Waals surface area contributed by atoms with E-state index in [9.17, 15) is 4.79 Å². The van der Waals surface area contributed by atoms with Crippen LogP contribution in [0.1, 0.15) is 23.2 Å². The van der Waals surface area contributed by atoms with Gasteiger partial charge in [-0.15, -0.1) is 11.3 Å². The van der Waals surface area contributed by atoms with Crippen LogP contribution in [0.15, 0.2) is 46.4 Å². The normalized spacial score (nSPS) is 10.6. The van der Waals surface area contributed by atoms with Gasteiger partial charge < -0.3 is 14.5 Å². The number of benzene rings is 1. The number of ether oxygens (including phenoxy) is 1. The Morgan fingerprint density at radius 2 is 2.29 bits per heavy atom. The third kappa shape index (κ3) is 3.77. The van der Waals surface area contributed by atoms with Gasteiger partial charge in [0.1, 0.15) is 22.2 Å². The summed E-state index contributed by atoms with van der Waals surface area (Å²) in [5.74, 6) is 1.14. The average molecular weight is 363 g/mol. The molecule has 3 rings (SSSR count). The van der Waals surface area contributed by atoms with Crippen LogP contribution in [0.25, 0.3) is 10.6 Å². The molecule has 0 atom stereocenters. The van der Waals surface area contributed by atoms with Gasteiger partial charge in [0.05, 0.1) is 24.4 Å². The van der Waals surface area contributed by atoms with Crippen molar-refractivity contribution in [2.24, 2.45) is 0 Å². The smallest absolute Gasteiger partial charge is 0.271 e. The molecule has 0 aliphatic rings. The fourth-order valence-corrected chi connectivity index (χ4v) is 3.25. The van der Waals surface area contributed by atoms with Crippen LogP contribution in [-0.4, -0.2) is 17.5 Å². The fourth-order valence-electron chi connectivity index (χ4n) is 2.10. The molecule has 1 N–H and O–H groups in total. The van der Waals surface area contributed by atoms with Crippen molar-refractivity contribution in [1.29, 1.82) is 0 Å². The Hall–Kier alpha value is -2.31. The zero-order valence-corrected chi connectivity index (χ0v) is 14.5. The van der Waals surface area contributed by atoms with E-state index in [1.54, 1.807) is 29.8 Å². The van der Waals surface area contributed by atoms with Crippen LogP contribution < -0.4 is 10.1 Å². The topological polar surface area (TPSA) is 64.4 Å². The lowest BCUT2D eigenvalue weighted by Crippen LogP contribution is -2.22. The van der Waals surface area contributed by atoms with Crippen molar-refractivity contribution in [2.45, 2.75) is 13.5 Å². The monoisotopic (exact) mass is 362 g/mol. The first-order valence-electron chi connectivity index (χ1n) is 7.36. The van der Waals surface area contributed by atoms with Gasteiger partial charge in [0, 0.05) is 10.9 Å². The van der Waals surface area contributed by atoms with E-state index in [2.05, 4.69) is 10.3 Å². The summed E-state index contributed by atoms with van der Waals surface area (Å²) in [5, 5.41) is 5.70. The molecule has 0 saturated heterocycles. The summed E-state index contributed by atoms with van der Waals surface area (Å²) < 4.78 is 10.6. The number of rotatable bonds is 6. The SMILES string of the molecule is CCOc1ccc(-c2nc(C(=O)NCc3ccco3)cs2)c(Cl)c1. The standard InChI is InChI=1S/C17H15ClN2O3S/c1-2-22-11-5-6-13(14(18)8-11)17-20-15(10-24-17)16(21)19-9-12-4-3-7-23-12/h3-8,10H,2,9H2,1H3,(H,19,21). The number of thiazole rings is 1. The summed E-state index contributed by atoms with van der Waals surface area (Å²) >= 11 is 7.66. The quantitative estimate of drug-likeness (QED) is 0.706. The number of carbonyl (C=O) groups excluding carboxylic acids is 1. The second-order valence-electron chi connectivity index (χ2n) is 4.87. The highest BCUT2D eigenvalue weighted by Gasteiger charge is 2.14. The Morgan fingerprint density at radius 1 is 1.42 bits per heavy atom. The molecule has 2 heterocycles. The minimum atomic E-state index is -0.254. The molecule has 124 valence electrons. The molecule has 0 fully saturated rings. The minimum Gasteiger partial charge on any atom is -0.494 e. The highest BCUT2D eigenvalue weighted by Crippen LogP contribution is 2.33. The zero-order valence-electron chi connectivity index (χ0n) is 12.9. The van der Waals surface area contributed by atoms with Crippen LogP contribution >= 0.6 is 22.9 Å². The summed E-state index contributed by atoms with van der Waals surface area (Å²) in [5.41, 5.74) is 1.13. The molecular weight excluding hydrogens is 348 g/mol. The van der Waals surface area contributed by atoms with Gasteiger partial charge in [-0.05, 0) is 37.3 Å². The Bertz CT molecular complexity index is 830. The number of carbonyl (C=O) groups is 1. The number of nitrogens with zero attached hydrogens (tertiary/aromatic N) is 1. The largest absolute Gasteiger partial charge is 0.494 e. The number of amides is 1. The Balaban J connectivity index is 1.71. The van der Waals surface area contributed by atoms with Gasteiger partial charge in [-0.2, -0.15) is 0 Å². The molecule has 3 aromatic rings. The maximum atomic E-state index is 12.1. The molecule has 0 aliphatic carbocycles. The van der Waals surface area contributed by atoms with Crippen LogP contribution in [0, 0.1) is 0 Å². The lowest BCUT2D eigenvalue weighted by Gasteiger charge is -2.05. The summed E-state index contributed by atoms with van der Waals surface area (Å²) in [6.07, 6.45) is 1.57. The van der Waals surface area contributed by atoms with Gasteiger partial charge >= 0.3 is 0 Å². The molecule has 1 amide bonds. The van der Waals surface area contributed by atoms with Crippen molar-refractivity contribution in [3.8, 4) is 16.3 Å². The van der Waals surface area contributed by atoms with E-state index >= 15 is 0 Å². The molecule has 2 aromatic heterocycles. The lowest BCUT2D eigenvalue weighted by molar-refractivity contribution is 0.0944. The highest BCUT2D eigenvalue weighted by atomic mass is 35.5. The molecule has 7 heteroatoms. The lowest BCUT2D eigenvalue weighted by atomic mass is 10.2. The van der Waals surface area contributed by atoms with Crippen molar-refractivity contribution in [3.05, 3.63) is 58.5 Å². The molecule has 24 heavy (non-hydrogen) atoms. The molecule has 0 spiro atoms. The molecular formula is C17H15ClN2O3S. The van der Waals surface area contributed by atoms with Gasteiger partial charge in [0.2, 0.25) is 0 Å². The van der Waals surface area contributed by atoms with Crippen molar-refractivity contribution in [1.82, 2.24) is 10.3 Å². The summed E-state index contributed by atoms with van der Waals surface area (Å²) in [4.78, 5) is 16.5. The minimum absolute atomic E-state index is 0.254. The van der Waals surface area contributed by atoms with Crippen LogP contribution in [0.5, 0.6) is 5.75 Å². The fraction of sp³-hybridized carbons (Fsp3) is 0.176. The first kappa shape index (κ1) is 16.5. The first-order chi connectivity index (χ1) is 11.7. The predicted molar refractivity (Wildman–Crippen MR) is 93.6 cm³/mol. The Morgan fingerprint density at radius 3 is 3.00 bits per heavy atom. The second-order valence-corrected chi connectivity index (χ2v) is 6.14. The molecule has 0 saturated carbocycles. The number of nitrogens with one attached hydrogen (secondary N) is 1. The van der Waals surface area contributed by atoms with Crippen LogP contribution in [-0.2, 0) is 6.54 Å². The first-order valence-corrected chi connectivity index (χ1v) is 8.62. The van der Waals surface area contributed by atoms with Gasteiger partial charge in [-0.1, -0.05) is 11.6 Å². The maximum Gasteiger partial charge on any atom is 0.271 e. The van der Waals surface area contributed by atoms with E-state index in [1.165, 1.54) is 11.3 Å². The average Bonchev–Trinajstić information content (AvgIpc) is 3.25. The van der Waals surface area contributed by atoms with Crippen molar-refractivity contribution in [3.63, 3.8) is 0 Å². The van der Waals surface area contributed by atoms with E-state index in [0.717, 1.165) is 5.56 Å². The van der Waals surface area contributed by atoms with Gasteiger partial charge in [-0.3, -0.25) is 4.79 Å². The van der Waals surface area contributed by atoms with Crippen LogP contribution in [0.3, 0.4) is 0 Å². The third-order valence-electron chi connectivity index (χ3n) is 3.22. The molecule has 0 bridgehead atoms. The summed E-state index contributed by atoms with van der Waals surface area (Å²) in [6.45, 7) is 2.81. The van der Waals surface area contributed by atoms with E-state index in [0.29, 0.717) is 40.4 Å². The van der Waals surface area contributed by atoms with Gasteiger partial charge in [0.25, 0.3) is 5.91 Å². The van der Waals surface area contributed by atoms with E-state index < -0.39 is 0 Å². The summed E-state index contributed by atoms with van der Waals surface area (Å²) in [7, 11) is 0. The van der Waals surface area contributed by atoms with E-state index in [-0.39, 0.29) is 5.91 Å². The zero-order chi connectivity index (χ0) is 16.9. The number of halogens is 1. The molecule has 0 aliphatic heterocycles. The second kappa shape index (κ2) is 7.51. The van der Waals surface area contributed by atoms with E-state index in [4.69, 9.17) is 20.8 Å². The predicted octanol–water partition coefficient (Wildman–Crippen LogP) is 4.39. The number of aromatic nitrogens is 1. The van der Waals surface area contributed by atoms with Crippen molar-refractivity contribution >= 4 is 28.8 Å². The Kier molecular flexibility index (Phi) is 5.17. The van der Waals surface area contributed by atoms with E-state index in [1.807, 2.05) is 19.1 Å². The van der Waals surface area contributed by atoms with Crippen molar-refractivity contribution < 1.29 is 13.9 Å². The highest BCUT2D eigenvalue weighted by molar-refractivity contribution is 7.13. The number of hydrogen-bond donors (Lipinski definition) is 1. The molecule has 1 aromatic carbocycles. The van der Waals surface area contributed by atoms with Crippen molar-refractivity contribution in [2.75, 3.05) is 6.61 Å². The third-order valence-corrected chi connectivity index (χ3v) is 4.41. The summed E-state index contributed by atoms with van der Waals surface area (Å²) in [6, 6.07) is 9.00. The molecule has 5 nitrogen and oxygen atoms in total. The number of furan rings is 1. The van der Waals surface area contributed by atoms with Gasteiger partial charge in [-0.25, -0.2) is 4.98 Å². The Labute approximate surface area is 148 Å². The van der Waals surface area contributed by atoms with Crippen LogP contribution in [0.2, 0.25) is 5.02 Å². The maximum absolute atomic E-state index is 12.1. The van der Waals surface area contributed by atoms with Crippen LogP contribution in [0.4, 0.5) is 0 Å². The number of hydrogen-bond acceptors (Lipinski definition) is 5. The molecule has 0 unspecified atom stereocenters. The molecule has 0 radical (unpaired) electrons. The van der Waals surface area contributed by atoms with Gasteiger partial charge in [0.15, 0.2) is 0 Å².